The fraction of sp³-hybridized carbons (Fsp3) is 0.192. The molecule has 162 valence electrons. The lowest BCUT2D eigenvalue weighted by molar-refractivity contribution is 0.0950. The van der Waals surface area contributed by atoms with Crippen LogP contribution in [0.1, 0.15) is 44.7 Å². The van der Waals surface area contributed by atoms with Crippen LogP contribution in [0.3, 0.4) is 0 Å². The van der Waals surface area contributed by atoms with Gasteiger partial charge in [0.25, 0.3) is 11.8 Å². The number of hydrogen-bond acceptors (Lipinski definition) is 3. The Labute approximate surface area is 187 Å². The Morgan fingerprint density at radius 3 is 2.03 bits per heavy atom. The Balaban J connectivity index is 1.53. The lowest BCUT2D eigenvalue weighted by Crippen LogP contribution is -2.27. The lowest BCUT2D eigenvalue weighted by atomic mass is 9.99. The molecule has 0 atom stereocenters. The molecule has 1 saturated carbocycles. The molecule has 0 spiro atoms. The fourth-order valence-corrected chi connectivity index (χ4v) is 3.43. The number of benzene rings is 3. The molecule has 6 heteroatoms. The summed E-state index contributed by atoms with van der Waals surface area (Å²) in [6.45, 7) is 1.00. The fourth-order valence-electron chi connectivity index (χ4n) is 3.43. The van der Waals surface area contributed by atoms with Gasteiger partial charge in [-0.05, 0) is 53.6 Å². The Morgan fingerprint density at radius 2 is 1.44 bits per heavy atom. The molecule has 2 amide bonds. The highest BCUT2D eigenvalue weighted by molar-refractivity contribution is 6.01. The van der Waals surface area contributed by atoms with Gasteiger partial charge in [-0.15, -0.1) is 0 Å². The van der Waals surface area contributed by atoms with E-state index in [2.05, 4.69) is 10.6 Å². The molecule has 0 saturated heterocycles. The molecule has 0 aromatic heterocycles. The number of nitrogen functional groups attached to an aromatic ring is 1. The molecular formula is C26H26N4O2. The summed E-state index contributed by atoms with van der Waals surface area (Å²) in [5.41, 5.74) is 9.69. The van der Waals surface area contributed by atoms with Crippen LogP contribution in [0, 0.1) is 11.3 Å². The van der Waals surface area contributed by atoms with Crippen molar-refractivity contribution in [2.45, 2.75) is 19.4 Å². The highest BCUT2D eigenvalue weighted by Gasteiger charge is 2.22. The van der Waals surface area contributed by atoms with Gasteiger partial charge in [0.1, 0.15) is 5.84 Å². The van der Waals surface area contributed by atoms with Gasteiger partial charge in [0.2, 0.25) is 0 Å². The van der Waals surface area contributed by atoms with Crippen LogP contribution in [-0.2, 0) is 6.54 Å². The molecule has 5 N–H and O–H groups in total. The molecule has 0 aliphatic heterocycles. The molecule has 4 rings (SSSR count). The molecule has 0 heterocycles. The third-order valence-electron chi connectivity index (χ3n) is 5.53. The van der Waals surface area contributed by atoms with Crippen molar-refractivity contribution in [3.63, 3.8) is 0 Å². The second-order valence-electron chi connectivity index (χ2n) is 8.11. The van der Waals surface area contributed by atoms with Crippen molar-refractivity contribution in [1.29, 1.82) is 5.41 Å². The number of hydrogen-bond donors (Lipinski definition) is 4. The molecular weight excluding hydrogens is 400 g/mol. The molecule has 1 aliphatic carbocycles. The largest absolute Gasteiger partial charge is 0.384 e. The van der Waals surface area contributed by atoms with Crippen molar-refractivity contribution in [3.05, 3.63) is 95.1 Å². The molecule has 1 aliphatic rings. The number of amidine groups is 1. The number of rotatable bonds is 8. The van der Waals surface area contributed by atoms with E-state index in [1.165, 1.54) is 0 Å². The third kappa shape index (κ3) is 5.40. The van der Waals surface area contributed by atoms with Gasteiger partial charge in [-0.25, -0.2) is 0 Å². The number of nitrogens with two attached hydrogens (primary N) is 1. The molecule has 3 aromatic carbocycles. The normalized spacial score (nSPS) is 12.8. The summed E-state index contributed by atoms with van der Waals surface area (Å²) < 4.78 is 0. The van der Waals surface area contributed by atoms with Gasteiger partial charge < -0.3 is 16.4 Å². The van der Waals surface area contributed by atoms with E-state index in [4.69, 9.17) is 11.1 Å². The minimum absolute atomic E-state index is 0.00537. The lowest BCUT2D eigenvalue weighted by Gasteiger charge is -2.12. The van der Waals surface area contributed by atoms with E-state index in [-0.39, 0.29) is 17.6 Å². The SMILES string of the molecule is N=C(N)c1ccc(CNC(=O)c2cc(C(=O)NCC3CC3)cc(-c3ccccc3)c2)cc1. The van der Waals surface area contributed by atoms with E-state index in [0.29, 0.717) is 35.7 Å². The highest BCUT2D eigenvalue weighted by Crippen LogP contribution is 2.28. The maximum atomic E-state index is 12.9. The molecule has 1 fully saturated rings. The quantitative estimate of drug-likeness (QED) is 0.326. The van der Waals surface area contributed by atoms with Crippen molar-refractivity contribution in [3.8, 4) is 11.1 Å². The van der Waals surface area contributed by atoms with E-state index in [1.807, 2.05) is 48.5 Å². The molecule has 0 unspecified atom stereocenters. The van der Waals surface area contributed by atoms with Gasteiger partial charge >= 0.3 is 0 Å². The van der Waals surface area contributed by atoms with Crippen LogP contribution in [0.2, 0.25) is 0 Å². The van der Waals surface area contributed by atoms with Gasteiger partial charge in [-0.2, -0.15) is 0 Å². The second-order valence-corrected chi connectivity index (χ2v) is 8.11. The minimum Gasteiger partial charge on any atom is -0.384 e. The van der Waals surface area contributed by atoms with Gasteiger partial charge in [-0.1, -0.05) is 54.6 Å². The highest BCUT2D eigenvalue weighted by atomic mass is 16.2. The zero-order chi connectivity index (χ0) is 22.5. The van der Waals surface area contributed by atoms with Crippen molar-refractivity contribution >= 4 is 17.6 Å². The van der Waals surface area contributed by atoms with E-state index < -0.39 is 0 Å². The average molecular weight is 427 g/mol. The van der Waals surface area contributed by atoms with Crippen molar-refractivity contribution < 1.29 is 9.59 Å². The summed E-state index contributed by atoms with van der Waals surface area (Å²) in [6.07, 6.45) is 2.32. The van der Waals surface area contributed by atoms with Crippen LogP contribution >= 0.6 is 0 Å². The van der Waals surface area contributed by atoms with Crippen LogP contribution < -0.4 is 16.4 Å². The summed E-state index contributed by atoms with van der Waals surface area (Å²) in [7, 11) is 0. The van der Waals surface area contributed by atoms with E-state index in [1.54, 1.807) is 24.3 Å². The maximum absolute atomic E-state index is 12.9. The van der Waals surface area contributed by atoms with Crippen LogP contribution in [0.15, 0.2) is 72.8 Å². The Kier molecular flexibility index (Phi) is 6.31. The summed E-state index contributed by atoms with van der Waals surface area (Å²) in [6, 6.07) is 22.1. The van der Waals surface area contributed by atoms with Crippen LogP contribution in [-0.4, -0.2) is 24.2 Å². The van der Waals surface area contributed by atoms with E-state index in [0.717, 1.165) is 29.5 Å². The van der Waals surface area contributed by atoms with Gasteiger partial charge in [0, 0.05) is 29.8 Å². The van der Waals surface area contributed by atoms with E-state index in [9.17, 15) is 9.59 Å². The molecule has 3 aromatic rings. The minimum atomic E-state index is -0.255. The standard InChI is InChI=1S/C26H26N4O2/c27-24(28)20-10-8-18(9-11-20)16-30-26(32)23-13-21(19-4-2-1-3-5-19)12-22(14-23)25(31)29-15-17-6-7-17/h1-5,8-14,17H,6-7,15-16H2,(H3,27,28)(H,29,31)(H,30,32). The first-order chi connectivity index (χ1) is 15.5. The van der Waals surface area contributed by atoms with Gasteiger partial charge in [0.15, 0.2) is 0 Å². The molecule has 0 bridgehead atoms. The van der Waals surface area contributed by atoms with Crippen molar-refractivity contribution in [1.82, 2.24) is 10.6 Å². The Morgan fingerprint density at radius 1 is 0.812 bits per heavy atom. The monoisotopic (exact) mass is 426 g/mol. The summed E-state index contributed by atoms with van der Waals surface area (Å²) in [5, 5.41) is 13.4. The van der Waals surface area contributed by atoms with Crippen LogP contribution in [0.5, 0.6) is 0 Å². The zero-order valence-electron chi connectivity index (χ0n) is 17.7. The summed E-state index contributed by atoms with van der Waals surface area (Å²) >= 11 is 0. The summed E-state index contributed by atoms with van der Waals surface area (Å²) in [5.74, 6) is 0.164. The zero-order valence-corrected chi connectivity index (χ0v) is 17.7. The van der Waals surface area contributed by atoms with Crippen LogP contribution in [0.4, 0.5) is 0 Å². The van der Waals surface area contributed by atoms with Gasteiger partial charge in [0.05, 0.1) is 0 Å². The second kappa shape index (κ2) is 9.47. The van der Waals surface area contributed by atoms with E-state index >= 15 is 0 Å². The Hall–Kier alpha value is -3.93. The first-order valence-corrected chi connectivity index (χ1v) is 10.7. The van der Waals surface area contributed by atoms with Gasteiger partial charge in [-0.3, -0.25) is 15.0 Å². The number of nitrogens with one attached hydrogen (secondary N) is 3. The third-order valence-corrected chi connectivity index (χ3v) is 5.53. The van der Waals surface area contributed by atoms with Crippen LogP contribution in [0.25, 0.3) is 11.1 Å². The predicted octanol–water partition coefficient (Wildman–Crippen LogP) is 3.71. The number of amides is 2. The number of carbonyl (C=O) groups excluding carboxylic acids is 2. The predicted molar refractivity (Wildman–Crippen MR) is 126 cm³/mol. The molecule has 32 heavy (non-hydrogen) atoms. The molecule has 6 nitrogen and oxygen atoms in total. The first-order valence-electron chi connectivity index (χ1n) is 10.7. The molecule has 0 radical (unpaired) electrons. The smallest absolute Gasteiger partial charge is 0.251 e. The number of carbonyl (C=O) groups is 2. The first kappa shape index (κ1) is 21.3. The topological polar surface area (TPSA) is 108 Å². The van der Waals surface area contributed by atoms with Crippen molar-refractivity contribution in [2.24, 2.45) is 11.7 Å². The maximum Gasteiger partial charge on any atom is 0.251 e. The van der Waals surface area contributed by atoms with Crippen molar-refractivity contribution in [2.75, 3.05) is 6.54 Å². The average Bonchev–Trinajstić information content (AvgIpc) is 3.66. The Bertz CT molecular complexity index is 1140. The summed E-state index contributed by atoms with van der Waals surface area (Å²) in [4.78, 5) is 25.7.